The van der Waals surface area contributed by atoms with E-state index in [-0.39, 0.29) is 23.5 Å². The summed E-state index contributed by atoms with van der Waals surface area (Å²) in [6.07, 6.45) is -2.22. The molecule has 0 atom stereocenters. The Morgan fingerprint density at radius 2 is 1.90 bits per heavy atom. The quantitative estimate of drug-likeness (QED) is 0.922. The van der Waals surface area contributed by atoms with Crippen molar-refractivity contribution in [1.82, 2.24) is 9.71 Å². The molecule has 21 heavy (non-hydrogen) atoms. The molecular weight excluding hydrogens is 309 g/mol. The van der Waals surface area contributed by atoms with Crippen LogP contribution in [-0.4, -0.2) is 32.2 Å². The number of ether oxygens (including phenoxy) is 1. The van der Waals surface area contributed by atoms with Crippen molar-refractivity contribution in [3.8, 4) is 5.75 Å². The van der Waals surface area contributed by atoms with Gasteiger partial charge in [0.15, 0.2) is 0 Å². The van der Waals surface area contributed by atoms with Crippen LogP contribution in [0.15, 0.2) is 23.4 Å². The number of methoxy groups -OCH3 is 1. The van der Waals surface area contributed by atoms with Crippen molar-refractivity contribution >= 4 is 10.0 Å². The van der Waals surface area contributed by atoms with Gasteiger partial charge in [-0.2, -0.15) is 17.9 Å². The third-order valence-electron chi connectivity index (χ3n) is 3.56. The lowest BCUT2D eigenvalue weighted by Crippen LogP contribution is -2.56. The number of aromatic nitrogens is 1. The first kappa shape index (κ1) is 16.0. The number of sulfonamides is 1. The zero-order valence-electron chi connectivity index (χ0n) is 11.3. The van der Waals surface area contributed by atoms with Crippen molar-refractivity contribution in [3.63, 3.8) is 0 Å². The van der Waals surface area contributed by atoms with Crippen LogP contribution in [0.2, 0.25) is 0 Å². The molecule has 0 amide bonds. The van der Waals surface area contributed by atoms with Crippen molar-refractivity contribution in [3.05, 3.63) is 18.5 Å². The van der Waals surface area contributed by atoms with Gasteiger partial charge in [0.2, 0.25) is 10.0 Å². The fourth-order valence-corrected chi connectivity index (χ4v) is 3.82. The highest BCUT2D eigenvalue weighted by molar-refractivity contribution is 7.89. The summed E-state index contributed by atoms with van der Waals surface area (Å²) in [4.78, 5) is 3.31. The van der Waals surface area contributed by atoms with Gasteiger partial charge in [0.05, 0.1) is 13.3 Å². The Hall–Kier alpha value is -1.35. The first-order chi connectivity index (χ1) is 9.70. The Morgan fingerprint density at radius 3 is 2.43 bits per heavy atom. The van der Waals surface area contributed by atoms with Crippen LogP contribution >= 0.6 is 0 Å². The van der Waals surface area contributed by atoms with Gasteiger partial charge in [-0.3, -0.25) is 4.98 Å². The van der Waals surface area contributed by atoms with E-state index in [9.17, 15) is 21.6 Å². The minimum absolute atomic E-state index is 0.158. The molecule has 1 heterocycles. The molecule has 0 aromatic carbocycles. The van der Waals surface area contributed by atoms with Crippen molar-refractivity contribution in [1.29, 1.82) is 0 Å². The summed E-state index contributed by atoms with van der Waals surface area (Å²) in [7, 11) is -3.02. The molecular formula is C12H15F3N2O3S. The Labute approximate surface area is 120 Å². The Balaban J connectivity index is 2.35. The van der Waals surface area contributed by atoms with Crippen LogP contribution in [0.4, 0.5) is 13.2 Å². The van der Waals surface area contributed by atoms with Crippen molar-refractivity contribution in [2.45, 2.75) is 42.3 Å². The van der Waals surface area contributed by atoms with E-state index in [2.05, 4.69) is 4.98 Å². The minimum atomic E-state index is -4.64. The zero-order chi connectivity index (χ0) is 15.7. The fourth-order valence-electron chi connectivity index (χ4n) is 2.40. The van der Waals surface area contributed by atoms with Gasteiger partial charge in [-0.05, 0) is 12.8 Å². The summed E-state index contributed by atoms with van der Waals surface area (Å²) in [5, 5.41) is 0. The number of hydrogen-bond donors (Lipinski definition) is 1. The number of halogens is 3. The molecule has 118 valence electrons. The summed E-state index contributed by atoms with van der Waals surface area (Å²) >= 11 is 0. The molecule has 1 aromatic heterocycles. The van der Waals surface area contributed by atoms with Gasteiger partial charge in [-0.15, -0.1) is 0 Å². The average Bonchev–Trinajstić information content (AvgIpc) is 2.87. The van der Waals surface area contributed by atoms with Gasteiger partial charge < -0.3 is 4.74 Å². The van der Waals surface area contributed by atoms with E-state index in [1.54, 1.807) is 0 Å². The molecule has 1 aliphatic carbocycles. The third-order valence-corrected chi connectivity index (χ3v) is 5.07. The molecule has 9 heteroatoms. The van der Waals surface area contributed by atoms with Crippen LogP contribution in [0.1, 0.15) is 25.7 Å². The maximum Gasteiger partial charge on any atom is 0.407 e. The standard InChI is InChI=1S/C12H15F3N2O3S/c1-20-9-6-10(8-16-7-9)21(18,19)17-11(12(13,14)15)4-2-3-5-11/h6-8,17H,2-5H2,1H3. The van der Waals surface area contributed by atoms with Gasteiger partial charge in [0, 0.05) is 12.3 Å². The van der Waals surface area contributed by atoms with E-state index in [1.807, 2.05) is 4.72 Å². The maximum atomic E-state index is 13.2. The van der Waals surface area contributed by atoms with Crippen LogP contribution in [0, 0.1) is 0 Å². The van der Waals surface area contributed by atoms with E-state index in [1.165, 1.54) is 13.3 Å². The molecule has 1 N–H and O–H groups in total. The fraction of sp³-hybridized carbons (Fsp3) is 0.583. The number of nitrogens with one attached hydrogen (secondary N) is 1. The van der Waals surface area contributed by atoms with Gasteiger partial charge in [-0.25, -0.2) is 8.42 Å². The molecule has 0 unspecified atom stereocenters. The second-order valence-corrected chi connectivity index (χ2v) is 6.64. The molecule has 0 bridgehead atoms. The first-order valence-corrected chi connectivity index (χ1v) is 7.78. The zero-order valence-corrected chi connectivity index (χ0v) is 12.1. The van der Waals surface area contributed by atoms with Gasteiger partial charge in [0.1, 0.15) is 16.2 Å². The monoisotopic (exact) mass is 324 g/mol. The van der Waals surface area contributed by atoms with Gasteiger partial charge in [0.25, 0.3) is 0 Å². The van der Waals surface area contributed by atoms with E-state index in [0.717, 1.165) is 12.3 Å². The normalized spacial score (nSPS) is 18.7. The SMILES string of the molecule is COc1cncc(S(=O)(=O)NC2(C(F)(F)F)CCCC2)c1. The van der Waals surface area contributed by atoms with E-state index >= 15 is 0 Å². The highest BCUT2D eigenvalue weighted by atomic mass is 32.2. The minimum Gasteiger partial charge on any atom is -0.495 e. The number of nitrogens with zero attached hydrogens (tertiary/aromatic N) is 1. The van der Waals surface area contributed by atoms with Crippen molar-refractivity contribution in [2.24, 2.45) is 0 Å². The molecule has 1 saturated carbocycles. The molecule has 0 radical (unpaired) electrons. The number of rotatable bonds is 4. The molecule has 0 spiro atoms. The van der Waals surface area contributed by atoms with Gasteiger partial charge >= 0.3 is 6.18 Å². The van der Waals surface area contributed by atoms with Crippen LogP contribution in [-0.2, 0) is 10.0 Å². The van der Waals surface area contributed by atoms with Crippen molar-refractivity contribution < 1.29 is 26.3 Å². The van der Waals surface area contributed by atoms with Crippen molar-refractivity contribution in [2.75, 3.05) is 7.11 Å². The largest absolute Gasteiger partial charge is 0.495 e. The summed E-state index contributed by atoms with van der Waals surface area (Å²) in [6, 6.07) is 1.13. The molecule has 2 rings (SSSR count). The van der Waals surface area contributed by atoms with Gasteiger partial charge in [-0.1, -0.05) is 12.8 Å². The number of hydrogen-bond acceptors (Lipinski definition) is 4. The highest BCUT2D eigenvalue weighted by Gasteiger charge is 2.57. The second kappa shape index (κ2) is 5.45. The molecule has 0 aliphatic heterocycles. The lowest BCUT2D eigenvalue weighted by Gasteiger charge is -2.32. The summed E-state index contributed by atoms with van der Waals surface area (Å²) in [6.45, 7) is 0. The van der Waals surface area contributed by atoms with E-state index < -0.39 is 21.7 Å². The molecule has 0 saturated heterocycles. The highest BCUT2D eigenvalue weighted by Crippen LogP contribution is 2.43. The second-order valence-electron chi connectivity index (χ2n) is 4.95. The Kier molecular flexibility index (Phi) is 4.16. The molecule has 1 fully saturated rings. The third kappa shape index (κ3) is 3.13. The molecule has 5 nitrogen and oxygen atoms in total. The summed E-state index contributed by atoms with van der Waals surface area (Å²) < 4.78 is 70.8. The van der Waals surface area contributed by atoms with Crippen LogP contribution in [0.5, 0.6) is 5.75 Å². The smallest absolute Gasteiger partial charge is 0.407 e. The van der Waals surface area contributed by atoms with Crippen LogP contribution in [0.25, 0.3) is 0 Å². The lowest BCUT2D eigenvalue weighted by molar-refractivity contribution is -0.188. The molecule has 1 aromatic rings. The predicted molar refractivity (Wildman–Crippen MR) is 68.4 cm³/mol. The van der Waals surface area contributed by atoms with E-state index in [0.29, 0.717) is 12.8 Å². The van der Waals surface area contributed by atoms with E-state index in [4.69, 9.17) is 4.74 Å². The Bertz CT molecular complexity index is 610. The summed E-state index contributed by atoms with van der Waals surface area (Å²) in [5.41, 5.74) is -2.39. The Morgan fingerprint density at radius 1 is 1.29 bits per heavy atom. The average molecular weight is 324 g/mol. The number of pyridine rings is 1. The van der Waals surface area contributed by atoms with Crippen LogP contribution < -0.4 is 9.46 Å². The topological polar surface area (TPSA) is 68.3 Å². The van der Waals surface area contributed by atoms with Crippen LogP contribution in [0.3, 0.4) is 0 Å². The first-order valence-electron chi connectivity index (χ1n) is 6.30. The number of alkyl halides is 3. The predicted octanol–water partition coefficient (Wildman–Crippen LogP) is 2.24. The molecule has 1 aliphatic rings. The lowest BCUT2D eigenvalue weighted by atomic mass is 9.99. The summed E-state index contributed by atoms with van der Waals surface area (Å²) in [5.74, 6) is 0.158. The maximum absolute atomic E-state index is 13.2.